The Morgan fingerprint density at radius 1 is 0.593 bits per heavy atom. The second kappa shape index (κ2) is 14.0. The van der Waals surface area contributed by atoms with E-state index in [1.54, 1.807) is 0 Å². The van der Waals surface area contributed by atoms with E-state index in [-0.39, 0.29) is 11.8 Å². The van der Waals surface area contributed by atoms with Crippen LogP contribution in [0.5, 0.6) is 0 Å². The number of carbonyl (C=O) groups excluding carboxylic acids is 2. The zero-order valence-corrected chi connectivity index (χ0v) is 17.4. The molecule has 2 aliphatic carbocycles. The first kappa shape index (κ1) is 22.2. The molecule has 2 N–H and O–H groups in total. The summed E-state index contributed by atoms with van der Waals surface area (Å²) in [6.45, 7) is 1.64. The van der Waals surface area contributed by atoms with Crippen LogP contribution in [0.4, 0.5) is 0 Å². The SMILES string of the molecule is O=C(CCC1CCCC1)NCCCCCCCNC(=O)CCC1CCCC1. The van der Waals surface area contributed by atoms with Crippen LogP contribution in [-0.2, 0) is 9.59 Å². The Labute approximate surface area is 166 Å². The molecule has 0 heterocycles. The Hall–Kier alpha value is -1.06. The standard InChI is InChI=1S/C23H42N2O2/c26-22(16-14-20-10-4-5-11-20)24-18-8-2-1-3-9-19-25-23(27)17-15-21-12-6-7-13-21/h20-21H,1-19H2,(H,24,26)(H,25,27). The second-order valence-electron chi connectivity index (χ2n) is 8.85. The number of rotatable bonds is 14. The molecule has 2 rings (SSSR count). The summed E-state index contributed by atoms with van der Waals surface area (Å²) in [7, 11) is 0. The van der Waals surface area contributed by atoms with E-state index in [2.05, 4.69) is 10.6 Å². The Balaban J connectivity index is 1.30. The molecule has 4 nitrogen and oxygen atoms in total. The third kappa shape index (κ3) is 10.8. The molecule has 0 aliphatic heterocycles. The van der Waals surface area contributed by atoms with Gasteiger partial charge in [0.25, 0.3) is 0 Å². The van der Waals surface area contributed by atoms with Gasteiger partial charge in [-0.05, 0) is 37.5 Å². The topological polar surface area (TPSA) is 58.2 Å². The fourth-order valence-electron chi connectivity index (χ4n) is 4.68. The zero-order valence-electron chi connectivity index (χ0n) is 17.4. The highest BCUT2D eigenvalue weighted by Gasteiger charge is 2.16. The second-order valence-corrected chi connectivity index (χ2v) is 8.85. The van der Waals surface area contributed by atoms with E-state index in [0.717, 1.165) is 50.6 Å². The lowest BCUT2D eigenvalue weighted by atomic mass is 10.0. The van der Waals surface area contributed by atoms with Crippen LogP contribution in [0.3, 0.4) is 0 Å². The van der Waals surface area contributed by atoms with E-state index < -0.39 is 0 Å². The highest BCUT2D eigenvalue weighted by molar-refractivity contribution is 5.76. The van der Waals surface area contributed by atoms with Gasteiger partial charge in [0.15, 0.2) is 0 Å². The molecule has 0 aromatic heterocycles. The lowest BCUT2D eigenvalue weighted by Gasteiger charge is -2.09. The number of hydrogen-bond acceptors (Lipinski definition) is 2. The minimum absolute atomic E-state index is 0.238. The lowest BCUT2D eigenvalue weighted by Crippen LogP contribution is -2.25. The van der Waals surface area contributed by atoms with Gasteiger partial charge in [-0.2, -0.15) is 0 Å². The van der Waals surface area contributed by atoms with E-state index >= 15 is 0 Å². The molecule has 2 saturated carbocycles. The van der Waals surface area contributed by atoms with Gasteiger partial charge in [0.1, 0.15) is 0 Å². The monoisotopic (exact) mass is 378 g/mol. The summed E-state index contributed by atoms with van der Waals surface area (Å²) in [5, 5.41) is 6.13. The summed E-state index contributed by atoms with van der Waals surface area (Å²) >= 11 is 0. The molecule has 27 heavy (non-hydrogen) atoms. The smallest absolute Gasteiger partial charge is 0.220 e. The van der Waals surface area contributed by atoms with Gasteiger partial charge in [-0.3, -0.25) is 9.59 Å². The third-order valence-electron chi connectivity index (χ3n) is 6.51. The molecule has 2 fully saturated rings. The molecule has 0 spiro atoms. The van der Waals surface area contributed by atoms with Crippen LogP contribution in [-0.4, -0.2) is 24.9 Å². The van der Waals surface area contributed by atoms with Crippen molar-refractivity contribution in [2.75, 3.05) is 13.1 Å². The van der Waals surface area contributed by atoms with Crippen molar-refractivity contribution < 1.29 is 9.59 Å². The van der Waals surface area contributed by atoms with Crippen molar-refractivity contribution in [1.82, 2.24) is 10.6 Å². The first-order valence-corrected chi connectivity index (χ1v) is 11.8. The van der Waals surface area contributed by atoms with E-state index in [9.17, 15) is 9.59 Å². The van der Waals surface area contributed by atoms with E-state index in [4.69, 9.17) is 0 Å². The number of unbranched alkanes of at least 4 members (excludes halogenated alkanes) is 4. The zero-order chi connectivity index (χ0) is 19.2. The van der Waals surface area contributed by atoms with Crippen molar-refractivity contribution in [2.45, 2.75) is 109 Å². The van der Waals surface area contributed by atoms with Crippen LogP contribution in [0.15, 0.2) is 0 Å². The van der Waals surface area contributed by atoms with Crippen LogP contribution in [0, 0.1) is 11.8 Å². The third-order valence-corrected chi connectivity index (χ3v) is 6.51. The molecule has 0 aromatic carbocycles. The molecular formula is C23H42N2O2. The summed E-state index contributed by atoms with van der Waals surface area (Å²) in [5.74, 6) is 2.09. The van der Waals surface area contributed by atoms with E-state index in [1.807, 2.05) is 0 Å². The Morgan fingerprint density at radius 2 is 0.963 bits per heavy atom. The Bertz CT molecular complexity index is 375. The maximum absolute atomic E-state index is 11.8. The van der Waals surface area contributed by atoms with Crippen LogP contribution in [0.25, 0.3) is 0 Å². The van der Waals surface area contributed by atoms with Gasteiger partial charge >= 0.3 is 0 Å². The molecular weight excluding hydrogens is 336 g/mol. The van der Waals surface area contributed by atoms with Crippen molar-refractivity contribution >= 4 is 11.8 Å². The number of amides is 2. The van der Waals surface area contributed by atoms with Gasteiger partial charge in [0, 0.05) is 25.9 Å². The molecule has 0 radical (unpaired) electrons. The number of nitrogens with one attached hydrogen (secondary N) is 2. The van der Waals surface area contributed by atoms with Crippen LogP contribution in [0.1, 0.15) is 109 Å². The van der Waals surface area contributed by atoms with E-state index in [1.165, 1.54) is 70.6 Å². The largest absolute Gasteiger partial charge is 0.356 e. The van der Waals surface area contributed by atoms with Gasteiger partial charge in [-0.1, -0.05) is 70.6 Å². The predicted octanol–water partition coefficient (Wildman–Crippen LogP) is 5.11. The molecule has 4 heteroatoms. The summed E-state index contributed by atoms with van der Waals surface area (Å²) < 4.78 is 0. The first-order chi connectivity index (χ1) is 13.2. The molecule has 0 bridgehead atoms. The fourth-order valence-corrected chi connectivity index (χ4v) is 4.68. The minimum atomic E-state index is 0.238. The van der Waals surface area contributed by atoms with Gasteiger partial charge < -0.3 is 10.6 Å². The highest BCUT2D eigenvalue weighted by Crippen LogP contribution is 2.29. The van der Waals surface area contributed by atoms with Gasteiger partial charge in [0.2, 0.25) is 11.8 Å². The Kier molecular flexibility index (Phi) is 11.5. The van der Waals surface area contributed by atoms with Crippen molar-refractivity contribution in [1.29, 1.82) is 0 Å². The normalized spacial score (nSPS) is 18.1. The van der Waals surface area contributed by atoms with Crippen LogP contribution >= 0.6 is 0 Å². The first-order valence-electron chi connectivity index (χ1n) is 11.8. The predicted molar refractivity (Wildman–Crippen MR) is 111 cm³/mol. The average molecular weight is 379 g/mol. The quantitative estimate of drug-likeness (QED) is 0.413. The van der Waals surface area contributed by atoms with Crippen LogP contribution in [0.2, 0.25) is 0 Å². The Morgan fingerprint density at radius 3 is 1.37 bits per heavy atom. The molecule has 2 aliphatic rings. The summed E-state index contributed by atoms with van der Waals surface area (Å²) in [6.07, 6.45) is 20.0. The van der Waals surface area contributed by atoms with Crippen molar-refractivity contribution in [3.63, 3.8) is 0 Å². The van der Waals surface area contributed by atoms with Gasteiger partial charge in [0.05, 0.1) is 0 Å². The van der Waals surface area contributed by atoms with Gasteiger partial charge in [-0.25, -0.2) is 0 Å². The average Bonchev–Trinajstić information content (AvgIpc) is 3.37. The molecule has 2 amide bonds. The van der Waals surface area contributed by atoms with Crippen LogP contribution < -0.4 is 10.6 Å². The highest BCUT2D eigenvalue weighted by atomic mass is 16.2. The molecule has 0 saturated heterocycles. The van der Waals surface area contributed by atoms with Crippen molar-refractivity contribution in [3.8, 4) is 0 Å². The molecule has 0 unspecified atom stereocenters. The van der Waals surface area contributed by atoms with Crippen molar-refractivity contribution in [3.05, 3.63) is 0 Å². The molecule has 0 aromatic rings. The number of carbonyl (C=O) groups is 2. The lowest BCUT2D eigenvalue weighted by molar-refractivity contribution is -0.122. The molecule has 156 valence electrons. The maximum Gasteiger partial charge on any atom is 0.220 e. The van der Waals surface area contributed by atoms with Crippen molar-refractivity contribution in [2.24, 2.45) is 11.8 Å². The summed E-state index contributed by atoms with van der Waals surface area (Å²) in [6, 6.07) is 0. The summed E-state index contributed by atoms with van der Waals surface area (Å²) in [5.41, 5.74) is 0. The molecule has 0 atom stereocenters. The van der Waals surface area contributed by atoms with E-state index in [0.29, 0.717) is 12.8 Å². The van der Waals surface area contributed by atoms with Gasteiger partial charge in [-0.15, -0.1) is 0 Å². The minimum Gasteiger partial charge on any atom is -0.356 e. The summed E-state index contributed by atoms with van der Waals surface area (Å²) in [4.78, 5) is 23.6. The fraction of sp³-hybridized carbons (Fsp3) is 0.913. The number of hydrogen-bond donors (Lipinski definition) is 2. The maximum atomic E-state index is 11.8.